The minimum absolute atomic E-state index is 0.0604. The van der Waals surface area contributed by atoms with Crippen molar-refractivity contribution in [2.75, 3.05) is 13.2 Å². The van der Waals surface area contributed by atoms with Crippen molar-refractivity contribution in [1.29, 1.82) is 0 Å². The van der Waals surface area contributed by atoms with Gasteiger partial charge in [0, 0.05) is 6.42 Å². The molecule has 0 aliphatic heterocycles. The van der Waals surface area contributed by atoms with E-state index in [1.54, 1.807) is 0 Å². The van der Waals surface area contributed by atoms with Crippen LogP contribution in [0.2, 0.25) is 0 Å². The number of hydrogen-bond acceptors (Lipinski definition) is 5. The molecule has 0 aliphatic carbocycles. The summed E-state index contributed by atoms with van der Waals surface area (Å²) in [7, 11) is 0. The number of carbonyl (C=O) groups excluding carboxylic acids is 2. The lowest BCUT2D eigenvalue weighted by molar-refractivity contribution is -0.165. The second kappa shape index (κ2) is 36.7. The molecule has 0 rings (SSSR count). The second-order valence-corrected chi connectivity index (χ2v) is 14.1. The zero-order valence-corrected chi connectivity index (χ0v) is 31.3. The van der Waals surface area contributed by atoms with Crippen LogP contribution in [0.3, 0.4) is 0 Å². The van der Waals surface area contributed by atoms with E-state index in [1.165, 1.54) is 161 Å². The van der Waals surface area contributed by atoms with Crippen molar-refractivity contribution in [3.63, 3.8) is 0 Å². The first-order valence-electron chi connectivity index (χ1n) is 20.6. The number of unbranched alkanes of at least 4 members (excludes halogenated alkanes) is 27. The van der Waals surface area contributed by atoms with Gasteiger partial charge in [0.2, 0.25) is 0 Å². The van der Waals surface area contributed by atoms with Crippen LogP contribution in [0.1, 0.15) is 226 Å². The quantitative estimate of drug-likeness (QED) is 0.0534. The summed E-state index contributed by atoms with van der Waals surface area (Å²) in [6.07, 6.45) is 39.0. The van der Waals surface area contributed by atoms with Crippen molar-refractivity contribution in [2.45, 2.75) is 232 Å². The van der Waals surface area contributed by atoms with E-state index < -0.39 is 6.10 Å². The molecule has 0 aromatic heterocycles. The second-order valence-electron chi connectivity index (χ2n) is 14.1. The maximum Gasteiger partial charge on any atom is 0.309 e. The highest BCUT2D eigenvalue weighted by Gasteiger charge is 2.22. The molecule has 2 atom stereocenters. The molecule has 0 saturated heterocycles. The van der Waals surface area contributed by atoms with E-state index in [0.29, 0.717) is 6.42 Å². The molecule has 5 nitrogen and oxygen atoms in total. The normalized spacial score (nSPS) is 12.7. The molecule has 0 amide bonds. The van der Waals surface area contributed by atoms with Gasteiger partial charge in [-0.05, 0) is 19.3 Å². The van der Waals surface area contributed by atoms with Crippen LogP contribution in [0.15, 0.2) is 0 Å². The fourth-order valence-electron chi connectivity index (χ4n) is 6.36. The molecule has 46 heavy (non-hydrogen) atoms. The third kappa shape index (κ3) is 31.5. The van der Waals surface area contributed by atoms with Gasteiger partial charge in [0.25, 0.3) is 0 Å². The minimum atomic E-state index is -0.775. The van der Waals surface area contributed by atoms with Crippen LogP contribution >= 0.6 is 0 Å². The Kier molecular flexibility index (Phi) is 35.9. The van der Waals surface area contributed by atoms with Crippen molar-refractivity contribution in [3.8, 4) is 0 Å². The summed E-state index contributed by atoms with van der Waals surface area (Å²) in [5.41, 5.74) is 0. The van der Waals surface area contributed by atoms with Gasteiger partial charge in [-0.2, -0.15) is 0 Å². The predicted octanol–water partition coefficient (Wildman–Crippen LogP) is 12.6. The number of hydrogen-bond donors (Lipinski definition) is 1. The Labute approximate surface area is 287 Å². The fraction of sp³-hybridized carbons (Fsp3) is 0.951. The summed E-state index contributed by atoms with van der Waals surface area (Å²) in [5, 5.41) is 9.70. The Bertz CT molecular complexity index is 636. The Morgan fingerprint density at radius 2 is 0.848 bits per heavy atom. The molecule has 1 N–H and O–H groups in total. The highest BCUT2D eigenvalue weighted by atomic mass is 16.6. The molecule has 0 spiro atoms. The van der Waals surface area contributed by atoms with Gasteiger partial charge in [-0.25, -0.2) is 0 Å². The Hall–Kier alpha value is -1.10. The molecule has 0 bridgehead atoms. The summed E-state index contributed by atoms with van der Waals surface area (Å²) in [6, 6.07) is 0. The first-order valence-corrected chi connectivity index (χ1v) is 20.6. The molecule has 2 unspecified atom stereocenters. The third-order valence-corrected chi connectivity index (χ3v) is 9.63. The van der Waals surface area contributed by atoms with E-state index in [0.717, 1.165) is 38.5 Å². The fourth-order valence-corrected chi connectivity index (χ4v) is 6.36. The SMILES string of the molecule is CCCCCCCCCCCCCCCCCC(=O)OCC(CO)OC(=O)C(CC)CCCCCCCCCCCCCCCC. The van der Waals surface area contributed by atoms with E-state index in [4.69, 9.17) is 9.47 Å². The van der Waals surface area contributed by atoms with Gasteiger partial charge in [-0.15, -0.1) is 0 Å². The van der Waals surface area contributed by atoms with E-state index in [1.807, 2.05) is 6.92 Å². The van der Waals surface area contributed by atoms with Gasteiger partial charge in [-0.3, -0.25) is 9.59 Å². The number of aliphatic hydroxyl groups is 1. The summed E-state index contributed by atoms with van der Waals surface area (Å²) in [6.45, 7) is 6.17. The highest BCUT2D eigenvalue weighted by Crippen LogP contribution is 2.19. The average Bonchev–Trinajstić information content (AvgIpc) is 3.06. The van der Waals surface area contributed by atoms with E-state index in [9.17, 15) is 14.7 Å². The molecule has 0 aromatic rings. The largest absolute Gasteiger partial charge is 0.462 e. The third-order valence-electron chi connectivity index (χ3n) is 9.63. The zero-order chi connectivity index (χ0) is 33.8. The van der Waals surface area contributed by atoms with Crippen molar-refractivity contribution < 1.29 is 24.2 Å². The molecule has 0 aromatic carbocycles. The zero-order valence-electron chi connectivity index (χ0n) is 31.3. The first kappa shape index (κ1) is 44.9. The van der Waals surface area contributed by atoms with E-state index in [-0.39, 0.29) is 31.1 Å². The monoisotopic (exact) mass is 653 g/mol. The molecular weight excluding hydrogens is 572 g/mol. The minimum Gasteiger partial charge on any atom is -0.462 e. The van der Waals surface area contributed by atoms with Gasteiger partial charge >= 0.3 is 11.9 Å². The molecule has 0 fully saturated rings. The summed E-state index contributed by atoms with van der Waals surface area (Å²) < 4.78 is 10.9. The van der Waals surface area contributed by atoms with Gasteiger partial charge in [0.1, 0.15) is 6.61 Å². The molecular formula is C41H80O5. The first-order chi connectivity index (χ1) is 22.6. The standard InChI is InChI=1S/C41H80O5/c1-4-7-9-11-13-15-17-19-21-23-25-27-29-31-33-35-40(43)45-37-39(36-42)46-41(44)38(6-3)34-32-30-28-26-24-22-20-18-16-14-12-10-8-5-2/h38-39,42H,4-37H2,1-3H3. The van der Waals surface area contributed by atoms with Crippen molar-refractivity contribution in [2.24, 2.45) is 5.92 Å². The molecule has 274 valence electrons. The van der Waals surface area contributed by atoms with Gasteiger partial charge < -0.3 is 14.6 Å². The Morgan fingerprint density at radius 1 is 0.500 bits per heavy atom. The summed E-state index contributed by atoms with van der Waals surface area (Å²) in [5.74, 6) is -0.684. The van der Waals surface area contributed by atoms with Gasteiger partial charge in [-0.1, -0.05) is 201 Å². The van der Waals surface area contributed by atoms with Crippen LogP contribution in [0.25, 0.3) is 0 Å². The summed E-state index contributed by atoms with van der Waals surface area (Å²) >= 11 is 0. The molecule has 0 radical (unpaired) electrons. The lowest BCUT2D eigenvalue weighted by atomic mass is 9.97. The van der Waals surface area contributed by atoms with E-state index >= 15 is 0 Å². The van der Waals surface area contributed by atoms with Gasteiger partial charge in [0.05, 0.1) is 12.5 Å². The maximum absolute atomic E-state index is 12.7. The van der Waals surface area contributed by atoms with Crippen molar-refractivity contribution in [3.05, 3.63) is 0 Å². The Balaban J connectivity index is 3.72. The number of aliphatic hydroxyl groups excluding tert-OH is 1. The molecule has 0 aliphatic rings. The number of rotatable bonds is 37. The Morgan fingerprint density at radius 3 is 1.20 bits per heavy atom. The van der Waals surface area contributed by atoms with Crippen LogP contribution in [-0.2, 0) is 19.1 Å². The molecule has 0 heterocycles. The lowest BCUT2D eigenvalue weighted by Crippen LogP contribution is -2.31. The lowest BCUT2D eigenvalue weighted by Gasteiger charge is -2.20. The highest BCUT2D eigenvalue weighted by molar-refractivity contribution is 5.72. The van der Waals surface area contributed by atoms with E-state index in [2.05, 4.69) is 13.8 Å². The number of esters is 2. The number of carbonyl (C=O) groups is 2. The van der Waals surface area contributed by atoms with Crippen LogP contribution < -0.4 is 0 Å². The molecule has 5 heteroatoms. The topological polar surface area (TPSA) is 72.8 Å². The van der Waals surface area contributed by atoms with Crippen LogP contribution in [-0.4, -0.2) is 36.4 Å². The molecule has 0 saturated carbocycles. The number of ether oxygens (including phenoxy) is 2. The van der Waals surface area contributed by atoms with Crippen molar-refractivity contribution in [1.82, 2.24) is 0 Å². The van der Waals surface area contributed by atoms with Crippen LogP contribution in [0, 0.1) is 5.92 Å². The van der Waals surface area contributed by atoms with Crippen LogP contribution in [0.5, 0.6) is 0 Å². The maximum atomic E-state index is 12.7. The predicted molar refractivity (Wildman–Crippen MR) is 196 cm³/mol. The average molecular weight is 653 g/mol. The van der Waals surface area contributed by atoms with Crippen LogP contribution in [0.4, 0.5) is 0 Å². The van der Waals surface area contributed by atoms with Gasteiger partial charge in [0.15, 0.2) is 6.10 Å². The smallest absolute Gasteiger partial charge is 0.309 e. The van der Waals surface area contributed by atoms with Crippen molar-refractivity contribution >= 4 is 11.9 Å². The summed E-state index contributed by atoms with van der Waals surface area (Å²) in [4.78, 5) is 24.9.